The molecule has 0 saturated carbocycles. The van der Waals surface area contributed by atoms with Crippen LogP contribution in [-0.4, -0.2) is 23.3 Å². The van der Waals surface area contributed by atoms with Crippen LogP contribution in [0.1, 0.15) is 12.0 Å². The van der Waals surface area contributed by atoms with Crippen molar-refractivity contribution in [2.75, 3.05) is 6.54 Å². The second-order valence-corrected chi connectivity index (χ2v) is 5.01. The van der Waals surface area contributed by atoms with E-state index >= 15 is 0 Å². The van der Waals surface area contributed by atoms with Crippen LogP contribution in [0, 0.1) is 5.92 Å². The summed E-state index contributed by atoms with van der Waals surface area (Å²) in [6.45, 7) is 0.365. The minimum atomic E-state index is -1.20. The summed E-state index contributed by atoms with van der Waals surface area (Å²) in [6, 6.07) is 5.07. The van der Waals surface area contributed by atoms with E-state index in [1.807, 2.05) is 0 Å². The average Bonchev–Trinajstić information content (AvgIpc) is 2.66. The maximum absolute atomic E-state index is 11.7. The number of carboxylic acids is 1. The highest BCUT2D eigenvalue weighted by molar-refractivity contribution is 6.36. The molecule has 1 fully saturated rings. The Bertz CT molecular complexity index is 484. The van der Waals surface area contributed by atoms with Crippen molar-refractivity contribution in [2.45, 2.75) is 13.0 Å². The van der Waals surface area contributed by atoms with Crippen LogP contribution in [-0.2, 0) is 16.1 Å². The number of nitrogens with zero attached hydrogens (tertiary/aromatic N) is 1. The Balaban J connectivity index is 2.15. The predicted molar refractivity (Wildman–Crippen MR) is 65.0 cm³/mol. The number of rotatable bonds is 3. The molecule has 96 valence electrons. The molecular formula is C12H10Cl2NO3-. The van der Waals surface area contributed by atoms with Gasteiger partial charge in [-0.05, 0) is 12.1 Å². The summed E-state index contributed by atoms with van der Waals surface area (Å²) in [6.07, 6.45) is -0.0234. The monoisotopic (exact) mass is 286 g/mol. The summed E-state index contributed by atoms with van der Waals surface area (Å²) < 4.78 is 0. The molecule has 2 rings (SSSR count). The number of carboxylic acid groups (broad SMARTS) is 1. The third-order valence-corrected chi connectivity index (χ3v) is 3.67. The van der Waals surface area contributed by atoms with Gasteiger partial charge < -0.3 is 14.8 Å². The molecule has 0 aromatic heterocycles. The Labute approximate surface area is 114 Å². The van der Waals surface area contributed by atoms with Gasteiger partial charge in [0, 0.05) is 47.0 Å². The van der Waals surface area contributed by atoms with Crippen LogP contribution >= 0.6 is 23.2 Å². The van der Waals surface area contributed by atoms with Crippen LogP contribution in [0.25, 0.3) is 0 Å². The van der Waals surface area contributed by atoms with Crippen molar-refractivity contribution >= 4 is 35.1 Å². The Kier molecular flexibility index (Phi) is 3.78. The number of aliphatic carboxylic acids is 1. The van der Waals surface area contributed by atoms with Gasteiger partial charge in [-0.25, -0.2) is 0 Å². The van der Waals surface area contributed by atoms with Crippen molar-refractivity contribution in [3.8, 4) is 0 Å². The van der Waals surface area contributed by atoms with Crippen molar-refractivity contribution in [1.82, 2.24) is 4.90 Å². The third kappa shape index (κ3) is 2.60. The fourth-order valence-corrected chi connectivity index (χ4v) is 2.47. The predicted octanol–water partition coefficient (Wildman–Crippen LogP) is 1.09. The van der Waals surface area contributed by atoms with Crippen molar-refractivity contribution < 1.29 is 14.7 Å². The van der Waals surface area contributed by atoms with Gasteiger partial charge >= 0.3 is 0 Å². The Morgan fingerprint density at radius 2 is 2.00 bits per heavy atom. The van der Waals surface area contributed by atoms with Gasteiger partial charge in [0.2, 0.25) is 5.91 Å². The molecule has 1 saturated heterocycles. The van der Waals surface area contributed by atoms with Gasteiger partial charge in [-0.2, -0.15) is 0 Å². The SMILES string of the molecule is O=C([O-])[C@@H]1CC(=O)N(Cc2c(Cl)cccc2Cl)C1. The van der Waals surface area contributed by atoms with E-state index in [2.05, 4.69) is 0 Å². The van der Waals surface area contributed by atoms with Crippen molar-refractivity contribution in [1.29, 1.82) is 0 Å². The first-order valence-corrected chi connectivity index (χ1v) is 6.16. The standard InChI is InChI=1S/C12H11Cl2NO3/c13-9-2-1-3-10(14)8(9)6-15-5-7(12(17)18)4-11(15)16/h1-3,7H,4-6H2,(H,17,18)/p-1/t7-/m1/s1. The quantitative estimate of drug-likeness (QED) is 0.836. The van der Waals surface area contributed by atoms with Crippen molar-refractivity contribution in [2.24, 2.45) is 5.92 Å². The number of hydrogen-bond acceptors (Lipinski definition) is 3. The van der Waals surface area contributed by atoms with Crippen LogP contribution in [0.3, 0.4) is 0 Å². The Morgan fingerprint density at radius 3 is 2.50 bits per heavy atom. The molecule has 6 heteroatoms. The fourth-order valence-electron chi connectivity index (χ4n) is 1.96. The normalized spacial score (nSPS) is 19.3. The molecule has 0 unspecified atom stereocenters. The lowest BCUT2D eigenvalue weighted by atomic mass is 10.1. The second-order valence-electron chi connectivity index (χ2n) is 4.19. The molecule has 1 amide bonds. The summed E-state index contributed by atoms with van der Waals surface area (Å²) >= 11 is 12.0. The van der Waals surface area contributed by atoms with Crippen LogP contribution in [0.2, 0.25) is 10.0 Å². The summed E-state index contributed by atoms with van der Waals surface area (Å²) in [7, 11) is 0. The van der Waals surface area contributed by atoms with Gasteiger partial charge in [0.25, 0.3) is 0 Å². The molecule has 1 heterocycles. The lowest BCUT2D eigenvalue weighted by molar-refractivity contribution is -0.311. The van der Waals surface area contributed by atoms with Crippen LogP contribution in [0.15, 0.2) is 18.2 Å². The van der Waals surface area contributed by atoms with Crippen LogP contribution < -0.4 is 5.11 Å². The van der Waals surface area contributed by atoms with E-state index in [1.54, 1.807) is 18.2 Å². The van der Waals surface area contributed by atoms with Gasteiger partial charge in [0.05, 0.1) is 0 Å². The average molecular weight is 287 g/mol. The van der Waals surface area contributed by atoms with Crippen LogP contribution in [0.4, 0.5) is 0 Å². The molecule has 1 aliphatic rings. The minimum absolute atomic E-state index is 0.0234. The van der Waals surface area contributed by atoms with E-state index in [0.29, 0.717) is 15.6 Å². The Hall–Kier alpha value is -1.26. The van der Waals surface area contributed by atoms with E-state index in [1.165, 1.54) is 4.90 Å². The summed E-state index contributed by atoms with van der Waals surface area (Å²) in [5, 5.41) is 11.7. The molecule has 1 atom stereocenters. The maximum Gasteiger partial charge on any atom is 0.223 e. The second kappa shape index (κ2) is 5.16. The van der Waals surface area contributed by atoms with Crippen molar-refractivity contribution in [3.63, 3.8) is 0 Å². The molecule has 0 aliphatic carbocycles. The first kappa shape index (κ1) is 13.2. The van der Waals surface area contributed by atoms with E-state index < -0.39 is 11.9 Å². The van der Waals surface area contributed by atoms with Gasteiger partial charge in [-0.1, -0.05) is 29.3 Å². The van der Waals surface area contributed by atoms with E-state index in [9.17, 15) is 14.7 Å². The lowest BCUT2D eigenvalue weighted by Gasteiger charge is -2.18. The summed E-state index contributed by atoms with van der Waals surface area (Å²) in [5.41, 5.74) is 0.633. The topological polar surface area (TPSA) is 60.4 Å². The molecule has 1 aromatic rings. The highest BCUT2D eigenvalue weighted by atomic mass is 35.5. The highest BCUT2D eigenvalue weighted by Crippen LogP contribution is 2.28. The number of carbonyl (C=O) groups excluding carboxylic acids is 2. The molecule has 1 aromatic carbocycles. The molecule has 0 radical (unpaired) electrons. The molecule has 18 heavy (non-hydrogen) atoms. The van der Waals surface area contributed by atoms with Crippen LogP contribution in [0.5, 0.6) is 0 Å². The number of hydrogen-bond donors (Lipinski definition) is 0. The smallest absolute Gasteiger partial charge is 0.223 e. The van der Waals surface area contributed by atoms with E-state index in [4.69, 9.17) is 23.2 Å². The number of amides is 1. The molecule has 0 spiro atoms. The first-order valence-electron chi connectivity index (χ1n) is 5.40. The Morgan fingerprint density at radius 1 is 1.39 bits per heavy atom. The lowest BCUT2D eigenvalue weighted by Crippen LogP contribution is -2.33. The largest absolute Gasteiger partial charge is 0.550 e. The van der Waals surface area contributed by atoms with E-state index in [0.717, 1.165) is 0 Å². The number of likely N-dealkylation sites (tertiary alicyclic amines) is 1. The van der Waals surface area contributed by atoms with Gasteiger partial charge in [0.1, 0.15) is 0 Å². The fraction of sp³-hybridized carbons (Fsp3) is 0.333. The van der Waals surface area contributed by atoms with Gasteiger partial charge in [-0.3, -0.25) is 4.79 Å². The summed E-state index contributed by atoms with van der Waals surface area (Å²) in [5.74, 6) is -2.17. The maximum atomic E-state index is 11.7. The number of halogens is 2. The molecule has 4 nitrogen and oxygen atoms in total. The number of carbonyl (C=O) groups is 2. The molecular weight excluding hydrogens is 277 g/mol. The first-order chi connectivity index (χ1) is 8.49. The van der Waals surface area contributed by atoms with Gasteiger partial charge in [-0.15, -0.1) is 0 Å². The van der Waals surface area contributed by atoms with E-state index in [-0.39, 0.29) is 25.4 Å². The molecule has 1 aliphatic heterocycles. The zero-order valence-corrected chi connectivity index (χ0v) is 10.9. The zero-order valence-electron chi connectivity index (χ0n) is 9.36. The molecule has 0 N–H and O–H groups in total. The minimum Gasteiger partial charge on any atom is -0.550 e. The molecule has 0 bridgehead atoms. The highest BCUT2D eigenvalue weighted by Gasteiger charge is 2.30. The van der Waals surface area contributed by atoms with Gasteiger partial charge in [0.15, 0.2) is 0 Å². The zero-order chi connectivity index (χ0) is 13.3. The number of benzene rings is 1. The van der Waals surface area contributed by atoms with Crippen molar-refractivity contribution in [3.05, 3.63) is 33.8 Å². The summed E-state index contributed by atoms with van der Waals surface area (Å²) in [4.78, 5) is 23.8. The third-order valence-electron chi connectivity index (χ3n) is 2.96.